The van der Waals surface area contributed by atoms with E-state index in [1.807, 2.05) is 4.90 Å². The molecule has 4 nitrogen and oxygen atoms in total. The third-order valence-corrected chi connectivity index (χ3v) is 4.39. The molecule has 4 heteroatoms. The monoisotopic (exact) mass is 262 g/mol. The van der Waals surface area contributed by atoms with Gasteiger partial charge >= 0.3 is 0 Å². The summed E-state index contributed by atoms with van der Waals surface area (Å²) in [7, 11) is 0. The fourth-order valence-electron chi connectivity index (χ4n) is 3.06. The Morgan fingerprint density at radius 1 is 1.37 bits per heavy atom. The maximum absolute atomic E-state index is 12.1. The van der Waals surface area contributed by atoms with E-state index in [0.29, 0.717) is 25.6 Å². The predicted octanol–water partition coefficient (Wildman–Crippen LogP) is 1.61. The lowest BCUT2D eigenvalue weighted by atomic mass is 9.99. The topological polar surface area (TPSA) is 49.4 Å². The summed E-state index contributed by atoms with van der Waals surface area (Å²) >= 11 is 0. The molecule has 3 rings (SSSR count). The number of nitrogens with one attached hydrogen (secondary N) is 1. The minimum Gasteiger partial charge on any atom is -0.352 e. The van der Waals surface area contributed by atoms with Crippen LogP contribution in [0.3, 0.4) is 0 Å². The van der Waals surface area contributed by atoms with Gasteiger partial charge in [0, 0.05) is 25.6 Å². The van der Waals surface area contributed by atoms with Crippen molar-refractivity contribution in [2.75, 3.05) is 13.1 Å². The van der Waals surface area contributed by atoms with E-state index in [9.17, 15) is 9.59 Å². The van der Waals surface area contributed by atoms with Crippen LogP contribution in [0.1, 0.15) is 44.9 Å². The molecule has 2 fully saturated rings. The van der Waals surface area contributed by atoms with Gasteiger partial charge in [-0.15, -0.1) is 0 Å². The highest BCUT2D eigenvalue weighted by Crippen LogP contribution is 2.32. The molecule has 104 valence electrons. The van der Waals surface area contributed by atoms with E-state index in [-0.39, 0.29) is 17.7 Å². The summed E-state index contributed by atoms with van der Waals surface area (Å²) in [5.41, 5.74) is 1.35. The van der Waals surface area contributed by atoms with Crippen molar-refractivity contribution in [3.8, 4) is 0 Å². The van der Waals surface area contributed by atoms with Gasteiger partial charge in [0.25, 0.3) is 0 Å². The van der Waals surface area contributed by atoms with Crippen LogP contribution in [-0.4, -0.2) is 35.8 Å². The van der Waals surface area contributed by atoms with Gasteiger partial charge in [-0.05, 0) is 38.5 Å². The minimum atomic E-state index is -0.128. The molecule has 0 bridgehead atoms. The van der Waals surface area contributed by atoms with Crippen molar-refractivity contribution < 1.29 is 9.59 Å². The first-order valence-corrected chi connectivity index (χ1v) is 7.49. The number of rotatable bonds is 4. The van der Waals surface area contributed by atoms with Crippen LogP contribution >= 0.6 is 0 Å². The maximum Gasteiger partial charge on any atom is 0.225 e. The summed E-state index contributed by atoms with van der Waals surface area (Å²) in [5.74, 6) is 0.0970. The van der Waals surface area contributed by atoms with E-state index in [1.54, 1.807) is 0 Å². The van der Waals surface area contributed by atoms with Crippen LogP contribution in [-0.2, 0) is 9.59 Å². The third kappa shape index (κ3) is 2.99. The van der Waals surface area contributed by atoms with E-state index < -0.39 is 0 Å². The highest BCUT2D eigenvalue weighted by molar-refractivity contribution is 5.89. The van der Waals surface area contributed by atoms with E-state index in [2.05, 4.69) is 11.4 Å². The molecule has 1 saturated carbocycles. The summed E-state index contributed by atoms with van der Waals surface area (Å²) in [6.45, 7) is 1.31. The Kier molecular flexibility index (Phi) is 3.58. The Labute approximate surface area is 114 Å². The summed E-state index contributed by atoms with van der Waals surface area (Å²) in [6, 6.07) is 0.436. The molecular formula is C15H22N2O2. The number of hydrogen-bond acceptors (Lipinski definition) is 2. The summed E-state index contributed by atoms with van der Waals surface area (Å²) in [6.07, 6.45) is 9.64. The lowest BCUT2D eigenvalue weighted by Crippen LogP contribution is -2.34. The standard InChI is InChI=1S/C15H22N2O2/c18-14-8-12(10-17(14)13-6-7-13)15(19)16-9-11-4-2-1-3-5-11/h4,12-13H,1-3,5-10H2,(H,16,19)/t12-/m0/s1. The van der Waals surface area contributed by atoms with Gasteiger partial charge in [0.2, 0.25) is 11.8 Å². The highest BCUT2D eigenvalue weighted by atomic mass is 16.2. The molecule has 1 heterocycles. The molecule has 0 radical (unpaired) electrons. The first-order valence-electron chi connectivity index (χ1n) is 7.49. The molecule has 0 aromatic carbocycles. The summed E-state index contributed by atoms with van der Waals surface area (Å²) in [4.78, 5) is 25.8. The van der Waals surface area contributed by atoms with Crippen molar-refractivity contribution >= 4 is 11.8 Å². The number of hydrogen-bond donors (Lipinski definition) is 1. The van der Waals surface area contributed by atoms with Crippen LogP contribution in [0.4, 0.5) is 0 Å². The molecular weight excluding hydrogens is 240 g/mol. The fraction of sp³-hybridized carbons (Fsp3) is 0.733. The average Bonchev–Trinajstić information content (AvgIpc) is 3.20. The second-order valence-corrected chi connectivity index (χ2v) is 6.00. The van der Waals surface area contributed by atoms with Crippen LogP contribution in [0.25, 0.3) is 0 Å². The Balaban J connectivity index is 1.48. The molecule has 2 amide bonds. The molecule has 1 N–H and O–H groups in total. The molecule has 19 heavy (non-hydrogen) atoms. The second-order valence-electron chi connectivity index (χ2n) is 6.00. The highest BCUT2D eigenvalue weighted by Gasteiger charge is 2.41. The van der Waals surface area contributed by atoms with Gasteiger partial charge in [-0.2, -0.15) is 0 Å². The number of carbonyl (C=O) groups is 2. The van der Waals surface area contributed by atoms with Crippen molar-refractivity contribution in [2.24, 2.45) is 5.92 Å². The SMILES string of the molecule is O=C(NCC1=CCCCC1)[C@H]1CC(=O)N(C2CC2)C1. The van der Waals surface area contributed by atoms with Crippen LogP contribution < -0.4 is 5.32 Å². The molecule has 0 spiro atoms. The Hall–Kier alpha value is -1.32. The van der Waals surface area contributed by atoms with Crippen molar-refractivity contribution in [2.45, 2.75) is 51.0 Å². The van der Waals surface area contributed by atoms with Crippen LogP contribution in [0.2, 0.25) is 0 Å². The van der Waals surface area contributed by atoms with Gasteiger partial charge in [-0.3, -0.25) is 9.59 Å². The molecule has 2 aliphatic carbocycles. The smallest absolute Gasteiger partial charge is 0.225 e. The van der Waals surface area contributed by atoms with Crippen LogP contribution in [0.15, 0.2) is 11.6 Å². The number of carbonyl (C=O) groups excluding carboxylic acids is 2. The van der Waals surface area contributed by atoms with Crippen molar-refractivity contribution in [3.63, 3.8) is 0 Å². The molecule has 1 aliphatic heterocycles. The van der Waals surface area contributed by atoms with E-state index in [4.69, 9.17) is 0 Å². The number of nitrogens with zero attached hydrogens (tertiary/aromatic N) is 1. The largest absolute Gasteiger partial charge is 0.352 e. The third-order valence-electron chi connectivity index (χ3n) is 4.39. The summed E-state index contributed by atoms with van der Waals surface area (Å²) < 4.78 is 0. The zero-order chi connectivity index (χ0) is 13.2. The Morgan fingerprint density at radius 2 is 2.21 bits per heavy atom. The molecule has 1 saturated heterocycles. The lowest BCUT2D eigenvalue weighted by Gasteiger charge is -2.17. The van der Waals surface area contributed by atoms with Gasteiger partial charge in [0.1, 0.15) is 0 Å². The zero-order valence-corrected chi connectivity index (χ0v) is 11.4. The van der Waals surface area contributed by atoms with Crippen molar-refractivity contribution in [3.05, 3.63) is 11.6 Å². The maximum atomic E-state index is 12.1. The van der Waals surface area contributed by atoms with Crippen molar-refractivity contribution in [1.29, 1.82) is 0 Å². The number of allylic oxidation sites excluding steroid dienone is 1. The Morgan fingerprint density at radius 3 is 2.89 bits per heavy atom. The van der Waals surface area contributed by atoms with E-state index >= 15 is 0 Å². The lowest BCUT2D eigenvalue weighted by molar-refractivity contribution is -0.129. The van der Waals surface area contributed by atoms with Crippen molar-refractivity contribution in [1.82, 2.24) is 10.2 Å². The zero-order valence-electron chi connectivity index (χ0n) is 11.4. The van der Waals surface area contributed by atoms with Gasteiger partial charge in [-0.25, -0.2) is 0 Å². The van der Waals surface area contributed by atoms with Gasteiger partial charge < -0.3 is 10.2 Å². The molecule has 3 aliphatic rings. The van der Waals surface area contributed by atoms with Crippen LogP contribution in [0, 0.1) is 5.92 Å². The molecule has 0 aromatic heterocycles. The number of amides is 2. The minimum absolute atomic E-state index is 0.0583. The van der Waals surface area contributed by atoms with Gasteiger partial charge in [0.15, 0.2) is 0 Å². The van der Waals surface area contributed by atoms with Crippen LogP contribution in [0.5, 0.6) is 0 Å². The first-order chi connectivity index (χ1) is 9.24. The van der Waals surface area contributed by atoms with Gasteiger partial charge in [0.05, 0.1) is 5.92 Å². The average molecular weight is 262 g/mol. The summed E-state index contributed by atoms with van der Waals surface area (Å²) in [5, 5.41) is 3.01. The molecule has 0 aromatic rings. The van der Waals surface area contributed by atoms with Gasteiger partial charge in [-0.1, -0.05) is 11.6 Å². The molecule has 1 atom stereocenters. The Bertz CT molecular complexity index is 412. The molecule has 0 unspecified atom stereocenters. The van der Waals surface area contributed by atoms with E-state index in [0.717, 1.165) is 25.7 Å². The quantitative estimate of drug-likeness (QED) is 0.783. The first kappa shape index (κ1) is 12.7. The second kappa shape index (κ2) is 5.35. The van der Waals surface area contributed by atoms with E-state index in [1.165, 1.54) is 18.4 Å². The normalized spacial score (nSPS) is 27.4. The fourth-order valence-corrected chi connectivity index (χ4v) is 3.06. The number of likely N-dealkylation sites (tertiary alicyclic amines) is 1. The predicted molar refractivity (Wildman–Crippen MR) is 72.4 cm³/mol.